The van der Waals surface area contributed by atoms with Gasteiger partial charge in [-0.05, 0) is 55.8 Å². The number of esters is 1. The van der Waals surface area contributed by atoms with E-state index in [2.05, 4.69) is 10.1 Å². The monoisotopic (exact) mass is 567 g/mol. The smallest absolute Gasteiger partial charge is 0.306 e. The molecular weight excluding hydrogens is 534 g/mol. The van der Waals surface area contributed by atoms with E-state index in [1.165, 1.54) is 0 Å². The molecule has 42 heavy (non-hydrogen) atoms. The third kappa shape index (κ3) is 6.98. The Balaban J connectivity index is 1.25. The number of benzene rings is 3. The lowest BCUT2D eigenvalue weighted by Crippen LogP contribution is -2.08. The highest BCUT2D eigenvalue weighted by Gasteiger charge is 2.16. The molecule has 0 fully saturated rings. The molecule has 3 aromatic carbocycles. The summed E-state index contributed by atoms with van der Waals surface area (Å²) in [7, 11) is 1.60. The van der Waals surface area contributed by atoms with Crippen LogP contribution in [0.2, 0.25) is 0 Å². The maximum Gasteiger partial charge on any atom is 0.306 e. The molecule has 0 saturated carbocycles. The molecule has 2 aromatic heterocycles. The number of rotatable bonds is 13. The quantitative estimate of drug-likeness (QED) is 0.149. The Bertz CT molecular complexity index is 1610. The van der Waals surface area contributed by atoms with Crippen LogP contribution in [0, 0.1) is 6.92 Å². The minimum Gasteiger partial charge on any atom is -0.493 e. The van der Waals surface area contributed by atoms with Gasteiger partial charge in [0.25, 0.3) is 0 Å². The maximum atomic E-state index is 12.0. The number of ether oxygens (including phenoxy) is 4. The van der Waals surface area contributed by atoms with Crippen LogP contribution in [0.5, 0.6) is 17.4 Å². The lowest BCUT2D eigenvalue weighted by Gasteiger charge is -2.12. The van der Waals surface area contributed by atoms with Gasteiger partial charge in [0.2, 0.25) is 11.8 Å². The second kappa shape index (κ2) is 13.5. The van der Waals surface area contributed by atoms with Crippen molar-refractivity contribution in [3.05, 3.63) is 108 Å². The van der Waals surface area contributed by atoms with Crippen LogP contribution in [0.15, 0.2) is 89.3 Å². The van der Waals surface area contributed by atoms with Crippen LogP contribution in [0.25, 0.3) is 17.1 Å². The van der Waals surface area contributed by atoms with E-state index in [4.69, 9.17) is 23.4 Å². The first kappa shape index (κ1) is 28.5. The third-order valence-electron chi connectivity index (χ3n) is 6.54. The highest BCUT2D eigenvalue weighted by molar-refractivity contribution is 5.69. The van der Waals surface area contributed by atoms with Crippen molar-refractivity contribution in [3.63, 3.8) is 0 Å². The Labute approximate surface area is 244 Å². The van der Waals surface area contributed by atoms with Gasteiger partial charge in [-0.2, -0.15) is 0 Å². The fourth-order valence-electron chi connectivity index (χ4n) is 4.39. The first-order valence-electron chi connectivity index (χ1n) is 13.8. The van der Waals surface area contributed by atoms with Crippen LogP contribution in [-0.4, -0.2) is 34.5 Å². The standard InChI is InChI=1S/C33H33N3O6/c1-4-39-32(37)18-16-27-20-31(35-36(27)26-13-9-6-10-14-26)41-21-24-15-17-29(30(19-24)38-3)40-22-28-23(2)42-33(34-28)25-11-7-5-8-12-25/h5-15,17,19-20H,4,16,18,21-22H2,1-3H3. The topological polar surface area (TPSA) is 97.8 Å². The van der Waals surface area contributed by atoms with Crippen molar-refractivity contribution < 1.29 is 28.2 Å². The lowest BCUT2D eigenvalue weighted by molar-refractivity contribution is -0.143. The Morgan fingerprint density at radius 2 is 1.67 bits per heavy atom. The van der Waals surface area contributed by atoms with E-state index in [1.54, 1.807) is 18.7 Å². The van der Waals surface area contributed by atoms with Gasteiger partial charge in [-0.15, -0.1) is 5.10 Å². The molecule has 0 amide bonds. The van der Waals surface area contributed by atoms with E-state index in [0.29, 0.717) is 42.1 Å². The fraction of sp³-hybridized carbons (Fsp3) is 0.242. The van der Waals surface area contributed by atoms with E-state index in [1.807, 2.05) is 91.9 Å². The predicted molar refractivity (Wildman–Crippen MR) is 157 cm³/mol. The number of aromatic nitrogens is 3. The van der Waals surface area contributed by atoms with Gasteiger partial charge < -0.3 is 23.4 Å². The van der Waals surface area contributed by atoms with Gasteiger partial charge in [-0.3, -0.25) is 4.79 Å². The van der Waals surface area contributed by atoms with E-state index in [0.717, 1.165) is 28.2 Å². The van der Waals surface area contributed by atoms with Crippen molar-refractivity contribution in [1.29, 1.82) is 0 Å². The molecule has 0 aliphatic heterocycles. The molecule has 216 valence electrons. The number of aryl methyl sites for hydroxylation is 2. The summed E-state index contributed by atoms with van der Waals surface area (Å²) >= 11 is 0. The number of carbonyl (C=O) groups excluding carboxylic acids is 1. The normalized spacial score (nSPS) is 10.8. The highest BCUT2D eigenvalue weighted by atomic mass is 16.5. The molecule has 0 unspecified atom stereocenters. The van der Waals surface area contributed by atoms with E-state index >= 15 is 0 Å². The van der Waals surface area contributed by atoms with E-state index in [9.17, 15) is 4.79 Å². The number of para-hydroxylation sites is 1. The summed E-state index contributed by atoms with van der Waals surface area (Å²) in [6.45, 7) is 4.53. The number of methoxy groups -OCH3 is 1. The van der Waals surface area contributed by atoms with Crippen LogP contribution in [0.1, 0.15) is 36.1 Å². The van der Waals surface area contributed by atoms with Crippen LogP contribution in [0.3, 0.4) is 0 Å². The molecule has 9 nitrogen and oxygen atoms in total. The van der Waals surface area contributed by atoms with Crippen molar-refractivity contribution in [2.75, 3.05) is 13.7 Å². The van der Waals surface area contributed by atoms with Gasteiger partial charge in [0, 0.05) is 23.7 Å². The molecule has 0 radical (unpaired) electrons. The van der Waals surface area contributed by atoms with Gasteiger partial charge in [0.15, 0.2) is 11.5 Å². The Kier molecular flexibility index (Phi) is 9.18. The minimum atomic E-state index is -0.245. The van der Waals surface area contributed by atoms with Crippen LogP contribution in [-0.2, 0) is 29.2 Å². The maximum absolute atomic E-state index is 12.0. The SMILES string of the molecule is CCOC(=O)CCc1cc(OCc2ccc(OCc3nc(-c4ccccc4)oc3C)c(OC)c2)nn1-c1ccccc1. The molecule has 0 spiro atoms. The minimum absolute atomic E-state index is 0.236. The first-order valence-corrected chi connectivity index (χ1v) is 13.8. The lowest BCUT2D eigenvalue weighted by atomic mass is 10.2. The summed E-state index contributed by atoms with van der Waals surface area (Å²) in [5, 5.41) is 4.65. The first-order chi connectivity index (χ1) is 20.5. The molecule has 0 aliphatic rings. The molecule has 2 heterocycles. The Hall–Kier alpha value is -5.05. The second-order valence-corrected chi connectivity index (χ2v) is 9.48. The average Bonchev–Trinajstić information content (AvgIpc) is 3.62. The molecule has 0 N–H and O–H groups in total. The van der Waals surface area contributed by atoms with Gasteiger partial charge in [0.05, 0.1) is 25.8 Å². The molecule has 0 atom stereocenters. The summed E-state index contributed by atoms with van der Waals surface area (Å²) in [6.07, 6.45) is 0.730. The molecule has 5 aromatic rings. The van der Waals surface area contributed by atoms with Crippen molar-refractivity contribution in [3.8, 4) is 34.5 Å². The van der Waals surface area contributed by atoms with Gasteiger partial charge in [0.1, 0.15) is 24.7 Å². The molecule has 5 rings (SSSR count). The highest BCUT2D eigenvalue weighted by Crippen LogP contribution is 2.30. The van der Waals surface area contributed by atoms with Crippen LogP contribution >= 0.6 is 0 Å². The number of hydrogen-bond donors (Lipinski definition) is 0. The molecular formula is C33H33N3O6. The predicted octanol–water partition coefficient (Wildman–Crippen LogP) is 6.50. The summed E-state index contributed by atoms with van der Waals surface area (Å²) < 4.78 is 30.4. The zero-order valence-electron chi connectivity index (χ0n) is 23.9. The van der Waals surface area contributed by atoms with Crippen molar-refractivity contribution in [2.45, 2.75) is 39.9 Å². The number of hydrogen-bond acceptors (Lipinski definition) is 8. The molecule has 0 saturated heterocycles. The summed E-state index contributed by atoms with van der Waals surface area (Å²) in [5.74, 6) is 2.63. The molecule has 0 bridgehead atoms. The Morgan fingerprint density at radius 1 is 0.905 bits per heavy atom. The molecule has 0 aliphatic carbocycles. The summed E-state index contributed by atoms with van der Waals surface area (Å²) in [5.41, 5.74) is 4.24. The van der Waals surface area contributed by atoms with E-state index in [-0.39, 0.29) is 25.6 Å². The number of oxazole rings is 1. The van der Waals surface area contributed by atoms with Crippen molar-refractivity contribution in [1.82, 2.24) is 14.8 Å². The fourth-order valence-corrected chi connectivity index (χ4v) is 4.39. The zero-order valence-corrected chi connectivity index (χ0v) is 23.9. The largest absolute Gasteiger partial charge is 0.493 e. The van der Waals surface area contributed by atoms with Crippen LogP contribution in [0.4, 0.5) is 0 Å². The van der Waals surface area contributed by atoms with Crippen molar-refractivity contribution >= 4 is 5.97 Å². The third-order valence-corrected chi connectivity index (χ3v) is 6.54. The molecule has 9 heteroatoms. The van der Waals surface area contributed by atoms with Gasteiger partial charge in [-0.25, -0.2) is 9.67 Å². The average molecular weight is 568 g/mol. The number of nitrogens with zero attached hydrogens (tertiary/aromatic N) is 3. The van der Waals surface area contributed by atoms with Gasteiger partial charge >= 0.3 is 5.97 Å². The Morgan fingerprint density at radius 3 is 2.40 bits per heavy atom. The number of carbonyl (C=O) groups is 1. The zero-order chi connectivity index (χ0) is 29.3. The second-order valence-electron chi connectivity index (χ2n) is 9.48. The van der Waals surface area contributed by atoms with Crippen molar-refractivity contribution in [2.24, 2.45) is 0 Å². The van der Waals surface area contributed by atoms with Crippen LogP contribution < -0.4 is 14.2 Å². The van der Waals surface area contributed by atoms with Gasteiger partial charge in [-0.1, -0.05) is 42.5 Å². The van der Waals surface area contributed by atoms with E-state index < -0.39 is 0 Å². The summed E-state index contributed by atoms with van der Waals surface area (Å²) in [6, 6.07) is 27.0. The summed E-state index contributed by atoms with van der Waals surface area (Å²) in [4.78, 5) is 16.6.